The molecule has 6 heteroatoms. The molecule has 1 aliphatic rings. The number of aliphatic hydroxyl groups excluding tert-OH is 1. The average molecular weight is 304 g/mol. The maximum atomic E-state index is 13.0. The number of aliphatic hydroxyl groups is 1. The standard InChI is InChI=1S/C16H17FN2O3/c1-10(20)13-14(11-4-6-12(17)7-5-11)18-22-15(13)16(21)19-8-2-3-9-19/h4-7,10,20H,2-3,8-9H2,1H3/t10-/m0/s1. The van der Waals surface area contributed by atoms with Gasteiger partial charge in [-0.15, -0.1) is 0 Å². The van der Waals surface area contributed by atoms with E-state index in [0.29, 0.717) is 29.9 Å². The highest BCUT2D eigenvalue weighted by molar-refractivity contribution is 5.94. The number of hydrogen-bond donors (Lipinski definition) is 1. The Bertz CT molecular complexity index is 673. The highest BCUT2D eigenvalue weighted by Crippen LogP contribution is 2.31. The molecule has 1 amide bonds. The van der Waals surface area contributed by atoms with Crippen LogP contribution in [-0.4, -0.2) is 34.2 Å². The molecule has 116 valence electrons. The molecule has 0 saturated carbocycles. The van der Waals surface area contributed by atoms with Crippen LogP contribution in [0.25, 0.3) is 11.3 Å². The fourth-order valence-corrected chi connectivity index (χ4v) is 2.72. The summed E-state index contributed by atoms with van der Waals surface area (Å²) in [6.45, 7) is 2.93. The third-order valence-electron chi connectivity index (χ3n) is 3.85. The SMILES string of the molecule is C[C@H](O)c1c(-c2ccc(F)cc2)noc1C(=O)N1CCCC1. The van der Waals surface area contributed by atoms with Gasteiger partial charge in [-0.2, -0.15) is 0 Å². The van der Waals surface area contributed by atoms with Gasteiger partial charge in [0.2, 0.25) is 5.76 Å². The zero-order valence-electron chi connectivity index (χ0n) is 12.3. The van der Waals surface area contributed by atoms with Crippen molar-refractivity contribution in [1.82, 2.24) is 10.1 Å². The summed E-state index contributed by atoms with van der Waals surface area (Å²) in [6, 6.07) is 5.70. The number of amides is 1. The molecule has 5 nitrogen and oxygen atoms in total. The topological polar surface area (TPSA) is 66.6 Å². The van der Waals surface area contributed by atoms with Crippen LogP contribution in [0, 0.1) is 5.82 Å². The minimum Gasteiger partial charge on any atom is -0.388 e. The van der Waals surface area contributed by atoms with E-state index in [9.17, 15) is 14.3 Å². The number of aromatic nitrogens is 1. The van der Waals surface area contributed by atoms with E-state index in [1.54, 1.807) is 24.0 Å². The van der Waals surface area contributed by atoms with E-state index in [2.05, 4.69) is 5.16 Å². The van der Waals surface area contributed by atoms with Gasteiger partial charge in [0.25, 0.3) is 5.91 Å². The van der Waals surface area contributed by atoms with E-state index in [1.165, 1.54) is 12.1 Å². The molecule has 1 N–H and O–H groups in total. The second kappa shape index (κ2) is 5.88. The highest BCUT2D eigenvalue weighted by atomic mass is 19.1. The van der Waals surface area contributed by atoms with Crippen LogP contribution in [0.3, 0.4) is 0 Å². The molecule has 0 radical (unpaired) electrons. The zero-order valence-corrected chi connectivity index (χ0v) is 12.3. The van der Waals surface area contributed by atoms with E-state index in [4.69, 9.17) is 4.52 Å². The first-order valence-electron chi connectivity index (χ1n) is 7.31. The minimum atomic E-state index is -0.909. The van der Waals surface area contributed by atoms with Crippen molar-refractivity contribution < 1.29 is 18.8 Å². The fourth-order valence-electron chi connectivity index (χ4n) is 2.72. The lowest BCUT2D eigenvalue weighted by atomic mass is 10.0. The maximum Gasteiger partial charge on any atom is 0.292 e. The second-order valence-electron chi connectivity index (χ2n) is 5.46. The lowest BCUT2D eigenvalue weighted by Crippen LogP contribution is -2.28. The van der Waals surface area contributed by atoms with Gasteiger partial charge in [-0.1, -0.05) is 5.16 Å². The molecular formula is C16H17FN2O3. The summed E-state index contributed by atoms with van der Waals surface area (Å²) < 4.78 is 18.3. The van der Waals surface area contributed by atoms with E-state index in [-0.39, 0.29) is 17.5 Å². The Morgan fingerprint density at radius 2 is 1.95 bits per heavy atom. The number of nitrogens with zero attached hydrogens (tertiary/aromatic N) is 2. The van der Waals surface area contributed by atoms with Gasteiger partial charge in [0.15, 0.2) is 0 Å². The van der Waals surface area contributed by atoms with Gasteiger partial charge >= 0.3 is 0 Å². The third-order valence-corrected chi connectivity index (χ3v) is 3.85. The van der Waals surface area contributed by atoms with Crippen LogP contribution < -0.4 is 0 Å². The molecule has 1 saturated heterocycles. The van der Waals surface area contributed by atoms with Crippen molar-refractivity contribution in [2.24, 2.45) is 0 Å². The Balaban J connectivity index is 2.01. The monoisotopic (exact) mass is 304 g/mol. The molecule has 0 spiro atoms. The number of carbonyl (C=O) groups excluding carboxylic acids is 1. The van der Waals surface area contributed by atoms with Crippen molar-refractivity contribution in [3.8, 4) is 11.3 Å². The summed E-state index contributed by atoms with van der Waals surface area (Å²) in [7, 11) is 0. The third kappa shape index (κ3) is 2.62. The molecule has 2 aromatic rings. The van der Waals surface area contributed by atoms with Crippen LogP contribution in [0.4, 0.5) is 4.39 Å². The average Bonchev–Trinajstić information content (AvgIpc) is 3.17. The largest absolute Gasteiger partial charge is 0.388 e. The van der Waals surface area contributed by atoms with Gasteiger partial charge in [-0.25, -0.2) is 4.39 Å². The quantitative estimate of drug-likeness (QED) is 0.947. The number of carbonyl (C=O) groups is 1. The van der Waals surface area contributed by atoms with Crippen LogP contribution in [0.1, 0.15) is 42.0 Å². The molecule has 22 heavy (non-hydrogen) atoms. The molecule has 1 aromatic heterocycles. The van der Waals surface area contributed by atoms with Gasteiger partial charge in [0, 0.05) is 18.7 Å². The Morgan fingerprint density at radius 1 is 1.32 bits per heavy atom. The Morgan fingerprint density at radius 3 is 2.55 bits per heavy atom. The molecule has 0 aliphatic carbocycles. The number of rotatable bonds is 3. The number of benzene rings is 1. The summed E-state index contributed by atoms with van der Waals surface area (Å²) in [5, 5.41) is 14.0. The van der Waals surface area contributed by atoms with E-state index in [0.717, 1.165) is 12.8 Å². The minimum absolute atomic E-state index is 0.0659. The molecule has 1 fully saturated rings. The van der Waals surface area contributed by atoms with Crippen molar-refractivity contribution in [3.63, 3.8) is 0 Å². The van der Waals surface area contributed by atoms with Crippen LogP contribution in [0.5, 0.6) is 0 Å². The van der Waals surface area contributed by atoms with E-state index < -0.39 is 6.10 Å². The summed E-state index contributed by atoms with van der Waals surface area (Å²) in [4.78, 5) is 14.2. The molecule has 3 rings (SSSR count). The van der Waals surface area contributed by atoms with Gasteiger partial charge < -0.3 is 14.5 Å². The van der Waals surface area contributed by atoms with Gasteiger partial charge in [0.1, 0.15) is 11.5 Å². The Kier molecular flexibility index (Phi) is 3.94. The van der Waals surface area contributed by atoms with Crippen LogP contribution in [-0.2, 0) is 0 Å². The second-order valence-corrected chi connectivity index (χ2v) is 5.46. The van der Waals surface area contributed by atoms with Gasteiger partial charge in [-0.3, -0.25) is 4.79 Å². The Labute approximate surface area is 127 Å². The van der Waals surface area contributed by atoms with Crippen LogP contribution in [0.15, 0.2) is 28.8 Å². The molecule has 2 heterocycles. The smallest absolute Gasteiger partial charge is 0.292 e. The maximum absolute atomic E-state index is 13.0. The number of likely N-dealkylation sites (tertiary alicyclic amines) is 1. The lowest BCUT2D eigenvalue weighted by Gasteiger charge is -2.14. The number of halogens is 1. The molecule has 0 unspecified atom stereocenters. The van der Waals surface area contributed by atoms with Crippen LogP contribution >= 0.6 is 0 Å². The number of hydrogen-bond acceptors (Lipinski definition) is 4. The molecular weight excluding hydrogens is 287 g/mol. The van der Waals surface area contributed by atoms with Gasteiger partial charge in [-0.05, 0) is 44.0 Å². The normalized spacial score (nSPS) is 16.0. The zero-order chi connectivity index (χ0) is 15.7. The molecule has 1 aromatic carbocycles. The predicted molar refractivity (Wildman–Crippen MR) is 77.7 cm³/mol. The van der Waals surface area contributed by atoms with Crippen molar-refractivity contribution >= 4 is 5.91 Å². The summed E-state index contributed by atoms with van der Waals surface area (Å²) in [5.74, 6) is -0.551. The fraction of sp³-hybridized carbons (Fsp3) is 0.375. The van der Waals surface area contributed by atoms with Crippen molar-refractivity contribution in [3.05, 3.63) is 41.4 Å². The molecule has 1 aliphatic heterocycles. The first-order valence-corrected chi connectivity index (χ1v) is 7.31. The highest BCUT2D eigenvalue weighted by Gasteiger charge is 2.30. The van der Waals surface area contributed by atoms with Crippen LogP contribution in [0.2, 0.25) is 0 Å². The lowest BCUT2D eigenvalue weighted by molar-refractivity contribution is 0.0743. The van der Waals surface area contributed by atoms with E-state index in [1.807, 2.05) is 0 Å². The van der Waals surface area contributed by atoms with Gasteiger partial charge in [0.05, 0.1) is 11.7 Å². The summed E-state index contributed by atoms with van der Waals surface area (Å²) in [6.07, 6.45) is 1.02. The summed E-state index contributed by atoms with van der Waals surface area (Å²) in [5.41, 5.74) is 1.32. The van der Waals surface area contributed by atoms with Crippen molar-refractivity contribution in [2.75, 3.05) is 13.1 Å². The van der Waals surface area contributed by atoms with Crippen molar-refractivity contribution in [2.45, 2.75) is 25.9 Å². The first-order chi connectivity index (χ1) is 10.6. The van der Waals surface area contributed by atoms with E-state index >= 15 is 0 Å². The molecule has 1 atom stereocenters. The predicted octanol–water partition coefficient (Wildman–Crippen LogP) is 2.77. The first kappa shape index (κ1) is 14.7. The van der Waals surface area contributed by atoms with Crippen molar-refractivity contribution in [1.29, 1.82) is 0 Å². The summed E-state index contributed by atoms with van der Waals surface area (Å²) >= 11 is 0. The Hall–Kier alpha value is -2.21. The molecule has 0 bridgehead atoms.